The van der Waals surface area contributed by atoms with E-state index in [1.165, 1.54) is 6.07 Å². The number of nitrogens with two attached hydrogens (primary N) is 4. The van der Waals surface area contributed by atoms with Gasteiger partial charge in [0.2, 0.25) is 23.6 Å². The molecule has 2 atom stereocenters. The molecular formula is C29H51N9O5. The van der Waals surface area contributed by atoms with Crippen molar-refractivity contribution in [1.82, 2.24) is 21.3 Å². The molecule has 0 fully saturated rings. The van der Waals surface area contributed by atoms with E-state index in [0.29, 0.717) is 31.6 Å². The maximum atomic E-state index is 12.5. The first-order valence-electron chi connectivity index (χ1n) is 15.0. The summed E-state index contributed by atoms with van der Waals surface area (Å²) in [7, 11) is 0. The number of nitrogens with one attached hydrogen (secondary N) is 4. The fraction of sp³-hybridized carbons (Fsp3) is 0.621. The normalized spacial score (nSPS) is 12.1. The molecule has 0 aromatic heterocycles. The molecule has 0 aliphatic heterocycles. The summed E-state index contributed by atoms with van der Waals surface area (Å²) >= 11 is 0. The molecule has 0 spiro atoms. The molecule has 13 N–H and O–H groups in total. The van der Waals surface area contributed by atoms with Gasteiger partial charge in [0.1, 0.15) is 11.8 Å². The third-order valence-electron chi connectivity index (χ3n) is 6.63. The summed E-state index contributed by atoms with van der Waals surface area (Å²) in [6, 6.07) is 4.74. The Morgan fingerprint density at radius 3 is 1.95 bits per heavy atom. The summed E-state index contributed by atoms with van der Waals surface area (Å²) in [5.74, 6) is -1.86. The highest BCUT2D eigenvalue weighted by molar-refractivity contribution is 5.92. The van der Waals surface area contributed by atoms with Gasteiger partial charge < -0.3 is 49.3 Å². The Labute approximate surface area is 254 Å². The number of hydrogen-bond acceptors (Lipinski definition) is 8. The summed E-state index contributed by atoms with van der Waals surface area (Å²) in [5, 5.41) is 21.4. The molecule has 14 nitrogen and oxygen atoms in total. The molecule has 0 bridgehead atoms. The Balaban J connectivity index is 2.04. The number of aliphatic imine (C=N–C) groups is 1. The van der Waals surface area contributed by atoms with Gasteiger partial charge in [-0.05, 0) is 51.3 Å². The van der Waals surface area contributed by atoms with Crippen molar-refractivity contribution in [3.05, 3.63) is 29.8 Å². The molecular weight excluding hydrogens is 554 g/mol. The first-order valence-corrected chi connectivity index (χ1v) is 15.0. The van der Waals surface area contributed by atoms with E-state index in [4.69, 9.17) is 22.9 Å². The van der Waals surface area contributed by atoms with E-state index in [-0.39, 0.29) is 30.5 Å². The van der Waals surface area contributed by atoms with Gasteiger partial charge in [-0.3, -0.25) is 24.2 Å². The molecule has 0 saturated heterocycles. The summed E-state index contributed by atoms with van der Waals surface area (Å²) < 4.78 is 0. The smallest absolute Gasteiger partial charge is 0.243 e. The molecule has 14 heteroatoms. The van der Waals surface area contributed by atoms with Crippen LogP contribution in [-0.2, 0) is 25.6 Å². The van der Waals surface area contributed by atoms with Gasteiger partial charge in [-0.1, -0.05) is 43.9 Å². The molecule has 43 heavy (non-hydrogen) atoms. The maximum absolute atomic E-state index is 12.5. The molecule has 0 aliphatic carbocycles. The lowest BCUT2D eigenvalue weighted by atomic mass is 10.1. The van der Waals surface area contributed by atoms with E-state index in [2.05, 4.69) is 26.3 Å². The maximum Gasteiger partial charge on any atom is 0.243 e. The van der Waals surface area contributed by atoms with Crippen molar-refractivity contribution in [1.29, 1.82) is 0 Å². The topological polar surface area (TPSA) is 253 Å². The van der Waals surface area contributed by atoms with Crippen LogP contribution in [0.25, 0.3) is 0 Å². The Bertz CT molecular complexity index is 1020. The number of phenols is 1. The van der Waals surface area contributed by atoms with Crippen molar-refractivity contribution >= 4 is 29.6 Å². The number of unbranched alkanes of at least 4 members (excludes halogenated alkanes) is 6. The average molecular weight is 606 g/mol. The number of phenolic OH excluding ortho intramolecular Hbond substituents is 1. The van der Waals surface area contributed by atoms with Crippen LogP contribution in [0, 0.1) is 0 Å². The minimum atomic E-state index is -1.06. The fourth-order valence-corrected chi connectivity index (χ4v) is 4.21. The van der Waals surface area contributed by atoms with Crippen molar-refractivity contribution in [2.75, 3.05) is 32.7 Å². The quantitative estimate of drug-likeness (QED) is 0.0407. The highest BCUT2D eigenvalue weighted by Crippen LogP contribution is 2.16. The number of carbonyl (C=O) groups is 4. The summed E-state index contributed by atoms with van der Waals surface area (Å²) in [6.07, 6.45) is 7.78. The van der Waals surface area contributed by atoms with Crippen molar-refractivity contribution in [2.24, 2.45) is 27.9 Å². The molecule has 0 heterocycles. The van der Waals surface area contributed by atoms with Crippen LogP contribution in [0.15, 0.2) is 29.3 Å². The number of para-hydroxylation sites is 1. The van der Waals surface area contributed by atoms with E-state index in [0.717, 1.165) is 64.5 Å². The zero-order chi connectivity index (χ0) is 31.9. The number of carbonyl (C=O) groups excluding carboxylic acids is 4. The highest BCUT2D eigenvalue weighted by Gasteiger charge is 2.23. The average Bonchev–Trinajstić information content (AvgIpc) is 2.95. The lowest BCUT2D eigenvalue weighted by molar-refractivity contribution is -0.131. The molecule has 4 amide bonds. The highest BCUT2D eigenvalue weighted by atomic mass is 16.3. The lowest BCUT2D eigenvalue weighted by Gasteiger charge is -2.17. The van der Waals surface area contributed by atoms with Crippen LogP contribution in [0.2, 0.25) is 0 Å². The van der Waals surface area contributed by atoms with Crippen LogP contribution in [0.5, 0.6) is 5.75 Å². The first kappa shape index (κ1) is 37.1. The first-order chi connectivity index (χ1) is 20.6. The molecule has 242 valence electrons. The van der Waals surface area contributed by atoms with Gasteiger partial charge in [0.15, 0.2) is 5.96 Å². The van der Waals surface area contributed by atoms with Crippen LogP contribution in [0.1, 0.15) is 69.8 Å². The van der Waals surface area contributed by atoms with Crippen molar-refractivity contribution in [3.63, 3.8) is 0 Å². The van der Waals surface area contributed by atoms with Crippen LogP contribution in [-0.4, -0.2) is 79.5 Å². The zero-order valence-electron chi connectivity index (χ0n) is 25.1. The van der Waals surface area contributed by atoms with Gasteiger partial charge in [-0.15, -0.1) is 0 Å². The van der Waals surface area contributed by atoms with Gasteiger partial charge in [0.05, 0.1) is 18.9 Å². The summed E-state index contributed by atoms with van der Waals surface area (Å²) in [6.45, 7) is 3.22. The molecule has 0 aliphatic rings. The fourth-order valence-electron chi connectivity index (χ4n) is 4.21. The molecule has 0 unspecified atom stereocenters. The number of primary amides is 1. The van der Waals surface area contributed by atoms with E-state index in [9.17, 15) is 24.3 Å². The summed E-state index contributed by atoms with van der Waals surface area (Å²) in [4.78, 5) is 52.0. The van der Waals surface area contributed by atoms with E-state index in [1.54, 1.807) is 18.2 Å². The predicted molar refractivity (Wildman–Crippen MR) is 167 cm³/mol. The number of amides is 4. The second kappa shape index (κ2) is 22.7. The minimum absolute atomic E-state index is 0.0118. The lowest BCUT2D eigenvalue weighted by Crippen LogP contribution is -2.49. The summed E-state index contributed by atoms with van der Waals surface area (Å²) in [5.41, 5.74) is 22.0. The van der Waals surface area contributed by atoms with Crippen molar-refractivity contribution in [3.8, 4) is 5.75 Å². The third-order valence-corrected chi connectivity index (χ3v) is 6.63. The van der Waals surface area contributed by atoms with Gasteiger partial charge in [0.25, 0.3) is 0 Å². The molecule has 1 aromatic rings. The van der Waals surface area contributed by atoms with Crippen LogP contribution >= 0.6 is 0 Å². The number of benzene rings is 1. The van der Waals surface area contributed by atoms with Gasteiger partial charge in [-0.2, -0.15) is 0 Å². The zero-order valence-corrected chi connectivity index (χ0v) is 25.1. The Hall–Kier alpha value is -3.91. The number of rotatable bonds is 24. The van der Waals surface area contributed by atoms with E-state index < -0.39 is 29.8 Å². The second-order valence-corrected chi connectivity index (χ2v) is 10.5. The largest absolute Gasteiger partial charge is 0.508 e. The van der Waals surface area contributed by atoms with Crippen LogP contribution in [0.3, 0.4) is 0 Å². The minimum Gasteiger partial charge on any atom is -0.508 e. The van der Waals surface area contributed by atoms with E-state index >= 15 is 0 Å². The number of nitrogens with zero attached hydrogens (tertiary/aromatic N) is 1. The molecule has 0 saturated carbocycles. The second-order valence-electron chi connectivity index (χ2n) is 10.5. The monoisotopic (exact) mass is 605 g/mol. The van der Waals surface area contributed by atoms with Gasteiger partial charge in [-0.25, -0.2) is 0 Å². The van der Waals surface area contributed by atoms with Crippen LogP contribution < -0.4 is 44.2 Å². The van der Waals surface area contributed by atoms with Gasteiger partial charge in [0, 0.05) is 25.2 Å². The third kappa shape index (κ3) is 19.0. The Kier molecular flexibility index (Phi) is 19.6. The Morgan fingerprint density at radius 1 is 0.791 bits per heavy atom. The number of guanidine groups is 1. The van der Waals surface area contributed by atoms with Crippen LogP contribution in [0.4, 0.5) is 0 Å². The number of hydrogen-bond donors (Lipinski definition) is 9. The predicted octanol–water partition coefficient (Wildman–Crippen LogP) is -0.771. The van der Waals surface area contributed by atoms with E-state index in [1.807, 2.05) is 0 Å². The molecule has 0 radical (unpaired) electrons. The van der Waals surface area contributed by atoms with Gasteiger partial charge >= 0.3 is 0 Å². The Morgan fingerprint density at radius 2 is 1.35 bits per heavy atom. The number of aromatic hydroxyl groups is 1. The molecule has 1 rings (SSSR count). The molecule has 1 aromatic carbocycles. The standard InChI is InChI=1S/C29H51N9O5/c30-22(13-18-37-29(32)33)27(42)35-16-10-4-8-15-34-14-7-2-1-3-9-17-36-28(43)23(20-25(31)40)38-26(41)19-21-11-5-6-12-24(21)39/h5-6,11-12,22-23,34,39H,1-4,7-10,13-20,30H2,(H2,31,40)(H,35,42)(H,36,43)(H,38,41)(H4,32,33,37)/t22-,23-/m0/s1. The SMILES string of the molecule is NC(=O)C[C@H](NC(=O)Cc1ccccc1O)C(=O)NCCCCCCCNCCCCCNC(=O)[C@@H](N)CCN=C(N)N. The van der Waals surface area contributed by atoms with Crippen molar-refractivity contribution in [2.45, 2.75) is 82.7 Å². The van der Waals surface area contributed by atoms with Crippen molar-refractivity contribution < 1.29 is 24.3 Å².